The molecule has 0 bridgehead atoms. The van der Waals surface area contributed by atoms with Crippen molar-refractivity contribution in [2.45, 2.75) is 26.6 Å². The maximum absolute atomic E-state index is 12.7. The number of rotatable bonds is 4. The van der Waals surface area contributed by atoms with Gasteiger partial charge in [-0.2, -0.15) is 13.2 Å². The first-order valence-corrected chi connectivity index (χ1v) is 7.60. The number of nitrogens with zero attached hydrogens (tertiary/aromatic N) is 1. The van der Waals surface area contributed by atoms with E-state index in [9.17, 15) is 18.0 Å². The lowest BCUT2D eigenvalue weighted by Gasteiger charge is -2.08. The SMILES string of the molecule is CC(C)CNC(=O)c1cn(CC(F)(F)F)c2cc(Br)ccc12. The zero-order valence-electron chi connectivity index (χ0n) is 12.2. The summed E-state index contributed by atoms with van der Waals surface area (Å²) in [5.41, 5.74) is 0.633. The number of carbonyl (C=O) groups excluding carboxylic acids is 1. The largest absolute Gasteiger partial charge is 0.406 e. The maximum atomic E-state index is 12.7. The minimum atomic E-state index is -4.35. The van der Waals surface area contributed by atoms with E-state index in [1.165, 1.54) is 6.20 Å². The van der Waals surface area contributed by atoms with Gasteiger partial charge in [0.05, 0.1) is 11.1 Å². The number of benzene rings is 1. The van der Waals surface area contributed by atoms with E-state index < -0.39 is 12.7 Å². The van der Waals surface area contributed by atoms with Gasteiger partial charge in [0.2, 0.25) is 0 Å². The molecule has 1 N–H and O–H groups in total. The van der Waals surface area contributed by atoms with Crippen LogP contribution in [0.5, 0.6) is 0 Å². The van der Waals surface area contributed by atoms with E-state index >= 15 is 0 Å². The summed E-state index contributed by atoms with van der Waals surface area (Å²) in [4.78, 5) is 12.2. The quantitative estimate of drug-likeness (QED) is 0.845. The number of carbonyl (C=O) groups is 1. The van der Waals surface area contributed by atoms with Crippen LogP contribution in [0.15, 0.2) is 28.9 Å². The first-order valence-electron chi connectivity index (χ1n) is 6.80. The van der Waals surface area contributed by atoms with E-state index in [1.54, 1.807) is 18.2 Å². The van der Waals surface area contributed by atoms with Crippen LogP contribution in [0, 0.1) is 5.92 Å². The minimum absolute atomic E-state index is 0.257. The van der Waals surface area contributed by atoms with Crippen LogP contribution in [0.1, 0.15) is 24.2 Å². The molecule has 0 saturated carbocycles. The molecule has 2 rings (SSSR count). The molecule has 0 aliphatic heterocycles. The summed E-state index contributed by atoms with van der Waals surface area (Å²) in [5.74, 6) is -0.0939. The molecule has 0 aliphatic carbocycles. The van der Waals surface area contributed by atoms with Gasteiger partial charge in [-0.05, 0) is 18.1 Å². The van der Waals surface area contributed by atoms with E-state index in [0.717, 1.165) is 4.57 Å². The predicted octanol–water partition coefficient (Wildman–Crippen LogP) is 4.35. The normalized spacial score (nSPS) is 12.1. The van der Waals surface area contributed by atoms with Gasteiger partial charge in [-0.3, -0.25) is 4.79 Å². The topological polar surface area (TPSA) is 34.0 Å². The summed E-state index contributed by atoms with van der Waals surface area (Å²) in [5, 5.41) is 3.24. The Kier molecular flexibility index (Phi) is 4.84. The zero-order valence-corrected chi connectivity index (χ0v) is 13.8. The van der Waals surface area contributed by atoms with E-state index in [-0.39, 0.29) is 17.4 Å². The van der Waals surface area contributed by atoms with Gasteiger partial charge in [0.1, 0.15) is 6.54 Å². The summed E-state index contributed by atoms with van der Waals surface area (Å²) < 4.78 is 39.8. The molecular weight excluding hydrogens is 361 g/mol. The van der Waals surface area contributed by atoms with Crippen LogP contribution < -0.4 is 5.32 Å². The van der Waals surface area contributed by atoms with Gasteiger partial charge in [0.15, 0.2) is 0 Å². The number of hydrogen-bond acceptors (Lipinski definition) is 1. The third kappa shape index (κ3) is 4.03. The highest BCUT2D eigenvalue weighted by molar-refractivity contribution is 9.10. The fourth-order valence-electron chi connectivity index (χ4n) is 2.16. The molecule has 1 aromatic heterocycles. The van der Waals surface area contributed by atoms with Crippen molar-refractivity contribution in [2.24, 2.45) is 5.92 Å². The Labute approximate surface area is 134 Å². The average molecular weight is 377 g/mol. The first-order chi connectivity index (χ1) is 10.2. The second kappa shape index (κ2) is 6.32. The summed E-state index contributed by atoms with van der Waals surface area (Å²) >= 11 is 3.25. The summed E-state index contributed by atoms with van der Waals surface area (Å²) in [6, 6.07) is 4.94. The average Bonchev–Trinajstić information content (AvgIpc) is 2.72. The molecule has 1 amide bonds. The molecule has 0 saturated heterocycles. The third-order valence-electron chi connectivity index (χ3n) is 3.11. The van der Waals surface area contributed by atoms with Gasteiger partial charge in [-0.15, -0.1) is 0 Å². The molecule has 0 spiro atoms. The zero-order chi connectivity index (χ0) is 16.5. The number of hydrogen-bond donors (Lipinski definition) is 1. The number of amides is 1. The molecule has 0 unspecified atom stereocenters. The van der Waals surface area contributed by atoms with Crippen LogP contribution in [0.4, 0.5) is 13.2 Å². The second-order valence-corrected chi connectivity index (χ2v) is 6.47. The van der Waals surface area contributed by atoms with E-state index in [4.69, 9.17) is 0 Å². The van der Waals surface area contributed by atoms with Crippen molar-refractivity contribution < 1.29 is 18.0 Å². The molecule has 2 aromatic rings. The standard InChI is InChI=1S/C15H16BrF3N2O/c1-9(2)6-20-14(22)12-7-21(8-15(17,18)19)13-5-10(16)3-4-11(12)13/h3-5,7,9H,6,8H2,1-2H3,(H,20,22). The Morgan fingerprint density at radius 2 is 2.05 bits per heavy atom. The van der Waals surface area contributed by atoms with Crippen LogP contribution >= 0.6 is 15.9 Å². The van der Waals surface area contributed by atoms with Crippen molar-refractivity contribution in [1.82, 2.24) is 9.88 Å². The lowest BCUT2D eigenvalue weighted by molar-refractivity contribution is -0.139. The highest BCUT2D eigenvalue weighted by Gasteiger charge is 2.29. The molecule has 3 nitrogen and oxygen atoms in total. The van der Waals surface area contributed by atoms with Crippen molar-refractivity contribution in [3.05, 3.63) is 34.4 Å². The molecule has 0 aliphatic rings. The number of nitrogens with one attached hydrogen (secondary N) is 1. The molecule has 0 atom stereocenters. The lowest BCUT2D eigenvalue weighted by atomic mass is 10.1. The summed E-state index contributed by atoms with van der Waals surface area (Å²) in [6.07, 6.45) is -3.08. The van der Waals surface area contributed by atoms with Gasteiger partial charge >= 0.3 is 6.18 Å². The molecule has 7 heteroatoms. The first kappa shape index (κ1) is 16.9. The van der Waals surface area contributed by atoms with Crippen molar-refractivity contribution in [2.75, 3.05) is 6.54 Å². The summed E-state index contributed by atoms with van der Waals surface area (Å²) in [7, 11) is 0. The van der Waals surface area contributed by atoms with Crippen LogP contribution in [0.2, 0.25) is 0 Å². The Hall–Kier alpha value is -1.50. The fourth-order valence-corrected chi connectivity index (χ4v) is 2.51. The van der Waals surface area contributed by atoms with Gasteiger partial charge in [-0.1, -0.05) is 35.8 Å². The number of halogens is 4. The Morgan fingerprint density at radius 1 is 1.36 bits per heavy atom. The highest BCUT2D eigenvalue weighted by Crippen LogP contribution is 2.28. The van der Waals surface area contributed by atoms with Crippen LogP contribution in [-0.4, -0.2) is 23.2 Å². The smallest absolute Gasteiger partial charge is 0.352 e. The minimum Gasteiger partial charge on any atom is -0.352 e. The van der Waals surface area contributed by atoms with Crippen molar-refractivity contribution >= 4 is 32.7 Å². The number of fused-ring (bicyclic) bond motifs is 1. The molecule has 0 radical (unpaired) electrons. The highest BCUT2D eigenvalue weighted by atomic mass is 79.9. The van der Waals surface area contributed by atoms with Crippen LogP contribution in [0.25, 0.3) is 10.9 Å². The van der Waals surface area contributed by atoms with E-state index in [1.807, 2.05) is 13.8 Å². The van der Waals surface area contributed by atoms with Crippen LogP contribution in [0.3, 0.4) is 0 Å². The molecule has 120 valence electrons. The Morgan fingerprint density at radius 3 is 2.64 bits per heavy atom. The lowest BCUT2D eigenvalue weighted by Crippen LogP contribution is -2.27. The van der Waals surface area contributed by atoms with E-state index in [0.29, 0.717) is 21.9 Å². The molecular formula is C15H16BrF3N2O. The maximum Gasteiger partial charge on any atom is 0.406 e. The van der Waals surface area contributed by atoms with E-state index in [2.05, 4.69) is 21.2 Å². The number of alkyl halides is 3. The van der Waals surface area contributed by atoms with Crippen molar-refractivity contribution in [3.63, 3.8) is 0 Å². The predicted molar refractivity (Wildman–Crippen MR) is 82.9 cm³/mol. The third-order valence-corrected chi connectivity index (χ3v) is 3.60. The van der Waals surface area contributed by atoms with Gasteiger partial charge in [0, 0.05) is 22.6 Å². The molecule has 1 heterocycles. The monoisotopic (exact) mass is 376 g/mol. The second-order valence-electron chi connectivity index (χ2n) is 5.55. The molecule has 0 fully saturated rings. The van der Waals surface area contributed by atoms with Crippen LogP contribution in [-0.2, 0) is 6.54 Å². The summed E-state index contributed by atoms with van der Waals surface area (Å²) in [6.45, 7) is 3.24. The Bertz CT molecular complexity index is 692. The van der Waals surface area contributed by atoms with Crippen molar-refractivity contribution in [1.29, 1.82) is 0 Å². The molecule has 22 heavy (non-hydrogen) atoms. The van der Waals surface area contributed by atoms with Gasteiger partial charge in [0.25, 0.3) is 5.91 Å². The Balaban J connectivity index is 2.44. The van der Waals surface area contributed by atoms with Gasteiger partial charge in [-0.25, -0.2) is 0 Å². The van der Waals surface area contributed by atoms with Crippen molar-refractivity contribution in [3.8, 4) is 0 Å². The fraction of sp³-hybridized carbons (Fsp3) is 0.400. The number of aromatic nitrogens is 1. The molecule has 1 aromatic carbocycles. The van der Waals surface area contributed by atoms with Gasteiger partial charge < -0.3 is 9.88 Å².